The molecular formula is C23H28BrNO2. The molecule has 2 aromatic rings. The van der Waals surface area contributed by atoms with Gasteiger partial charge >= 0.3 is 0 Å². The topological polar surface area (TPSA) is 38.3 Å². The van der Waals surface area contributed by atoms with E-state index in [0.717, 1.165) is 40.6 Å². The van der Waals surface area contributed by atoms with Crippen molar-refractivity contribution in [2.75, 3.05) is 6.61 Å². The predicted octanol–water partition coefficient (Wildman–Crippen LogP) is 5.46. The Kier molecular flexibility index (Phi) is 6.25. The molecule has 2 aromatic carbocycles. The molecule has 1 amide bonds. The Morgan fingerprint density at radius 1 is 1.15 bits per heavy atom. The van der Waals surface area contributed by atoms with Gasteiger partial charge in [-0.3, -0.25) is 4.79 Å². The molecule has 1 unspecified atom stereocenters. The second-order valence-corrected chi connectivity index (χ2v) is 8.54. The summed E-state index contributed by atoms with van der Waals surface area (Å²) in [6.45, 7) is 6.79. The second-order valence-electron chi connectivity index (χ2n) is 7.63. The van der Waals surface area contributed by atoms with Gasteiger partial charge in [0.2, 0.25) is 5.91 Å². The average molecular weight is 430 g/mol. The maximum atomic E-state index is 12.4. The van der Waals surface area contributed by atoms with Crippen molar-refractivity contribution in [3.05, 3.63) is 63.6 Å². The third-order valence-corrected chi connectivity index (χ3v) is 6.15. The lowest BCUT2D eigenvalue weighted by Crippen LogP contribution is -2.41. The Morgan fingerprint density at radius 3 is 2.37 bits per heavy atom. The SMILES string of the molecule is Cc1cccc(C)c1OCCCC(=O)NC(C)C1(c2ccc(Br)cc2)CC1. The van der Waals surface area contributed by atoms with Crippen LogP contribution < -0.4 is 10.1 Å². The first-order chi connectivity index (χ1) is 12.9. The average Bonchev–Trinajstić information content (AvgIpc) is 3.43. The third kappa shape index (κ3) is 4.73. The van der Waals surface area contributed by atoms with E-state index in [-0.39, 0.29) is 17.4 Å². The number of para-hydroxylation sites is 1. The largest absolute Gasteiger partial charge is 0.493 e. The maximum Gasteiger partial charge on any atom is 0.220 e. The molecule has 1 N–H and O–H groups in total. The van der Waals surface area contributed by atoms with Gasteiger partial charge in [0.25, 0.3) is 0 Å². The monoisotopic (exact) mass is 429 g/mol. The molecule has 0 aliphatic heterocycles. The van der Waals surface area contributed by atoms with Crippen LogP contribution in [0.3, 0.4) is 0 Å². The van der Waals surface area contributed by atoms with Crippen LogP contribution >= 0.6 is 15.9 Å². The van der Waals surface area contributed by atoms with Gasteiger partial charge in [0.05, 0.1) is 6.61 Å². The molecule has 1 saturated carbocycles. The van der Waals surface area contributed by atoms with Crippen molar-refractivity contribution in [1.29, 1.82) is 0 Å². The molecule has 144 valence electrons. The first-order valence-corrected chi connectivity index (χ1v) is 10.5. The molecule has 1 atom stereocenters. The molecule has 0 bridgehead atoms. The number of carbonyl (C=O) groups excluding carboxylic acids is 1. The summed E-state index contributed by atoms with van der Waals surface area (Å²) in [7, 11) is 0. The number of aryl methyl sites for hydroxylation is 2. The molecule has 4 heteroatoms. The van der Waals surface area contributed by atoms with E-state index in [1.165, 1.54) is 5.56 Å². The van der Waals surface area contributed by atoms with E-state index in [1.54, 1.807) is 0 Å². The summed E-state index contributed by atoms with van der Waals surface area (Å²) in [6, 6.07) is 14.8. The van der Waals surface area contributed by atoms with E-state index in [1.807, 2.05) is 32.0 Å². The molecule has 0 spiro atoms. The normalized spacial score (nSPS) is 15.9. The Labute approximate surface area is 170 Å². The number of hydrogen-bond donors (Lipinski definition) is 1. The Hall–Kier alpha value is -1.81. The van der Waals surface area contributed by atoms with Crippen LogP contribution in [0.25, 0.3) is 0 Å². The number of rotatable bonds is 8. The van der Waals surface area contributed by atoms with Crippen LogP contribution in [0.1, 0.15) is 49.3 Å². The van der Waals surface area contributed by atoms with Gasteiger partial charge in [0.15, 0.2) is 0 Å². The molecule has 1 fully saturated rings. The van der Waals surface area contributed by atoms with Crippen LogP contribution in [0.4, 0.5) is 0 Å². The van der Waals surface area contributed by atoms with Gasteiger partial charge in [-0.15, -0.1) is 0 Å². The summed E-state index contributed by atoms with van der Waals surface area (Å²) in [5, 5.41) is 3.21. The quantitative estimate of drug-likeness (QED) is 0.565. The highest BCUT2D eigenvalue weighted by Crippen LogP contribution is 2.51. The number of benzene rings is 2. The van der Waals surface area contributed by atoms with E-state index < -0.39 is 0 Å². The fraction of sp³-hybridized carbons (Fsp3) is 0.435. The Bertz CT molecular complexity index is 776. The molecule has 0 saturated heterocycles. The zero-order chi connectivity index (χ0) is 19.4. The van der Waals surface area contributed by atoms with Crippen LogP contribution in [0.15, 0.2) is 46.9 Å². The van der Waals surface area contributed by atoms with Crippen LogP contribution in [0, 0.1) is 13.8 Å². The lowest BCUT2D eigenvalue weighted by Gasteiger charge is -2.25. The second kappa shape index (κ2) is 8.47. The van der Waals surface area contributed by atoms with E-state index >= 15 is 0 Å². The molecule has 1 aliphatic carbocycles. The zero-order valence-electron chi connectivity index (χ0n) is 16.3. The van der Waals surface area contributed by atoms with Crippen LogP contribution in [-0.4, -0.2) is 18.6 Å². The van der Waals surface area contributed by atoms with E-state index in [4.69, 9.17) is 4.74 Å². The predicted molar refractivity (Wildman–Crippen MR) is 113 cm³/mol. The van der Waals surface area contributed by atoms with Crippen LogP contribution in [0.2, 0.25) is 0 Å². The molecule has 0 heterocycles. The van der Waals surface area contributed by atoms with Crippen molar-refractivity contribution in [3.8, 4) is 5.75 Å². The molecule has 0 aromatic heterocycles. The van der Waals surface area contributed by atoms with Crippen molar-refractivity contribution in [2.24, 2.45) is 0 Å². The first kappa shape index (κ1) is 19.9. The highest BCUT2D eigenvalue weighted by molar-refractivity contribution is 9.10. The fourth-order valence-electron chi connectivity index (χ4n) is 3.77. The number of hydrogen-bond acceptors (Lipinski definition) is 2. The zero-order valence-corrected chi connectivity index (χ0v) is 17.9. The van der Waals surface area contributed by atoms with Crippen LogP contribution in [-0.2, 0) is 10.2 Å². The van der Waals surface area contributed by atoms with E-state index in [2.05, 4.69) is 52.4 Å². The Morgan fingerprint density at radius 2 is 1.78 bits per heavy atom. The van der Waals surface area contributed by atoms with Gasteiger partial charge < -0.3 is 10.1 Å². The lowest BCUT2D eigenvalue weighted by molar-refractivity contribution is -0.122. The minimum Gasteiger partial charge on any atom is -0.493 e. The summed E-state index contributed by atoms with van der Waals surface area (Å²) >= 11 is 3.49. The van der Waals surface area contributed by atoms with Gasteiger partial charge in [-0.25, -0.2) is 0 Å². The van der Waals surface area contributed by atoms with Gasteiger partial charge in [-0.2, -0.15) is 0 Å². The van der Waals surface area contributed by atoms with Crippen molar-refractivity contribution >= 4 is 21.8 Å². The van der Waals surface area contributed by atoms with Crippen molar-refractivity contribution in [1.82, 2.24) is 5.32 Å². The van der Waals surface area contributed by atoms with Crippen LogP contribution in [0.5, 0.6) is 5.75 Å². The summed E-state index contributed by atoms with van der Waals surface area (Å²) in [6.07, 6.45) is 3.47. The molecule has 27 heavy (non-hydrogen) atoms. The van der Waals surface area contributed by atoms with Gasteiger partial charge in [-0.1, -0.05) is 46.3 Å². The number of amides is 1. The summed E-state index contributed by atoms with van der Waals surface area (Å²) in [4.78, 5) is 12.4. The van der Waals surface area contributed by atoms with E-state index in [0.29, 0.717) is 13.0 Å². The number of carbonyl (C=O) groups is 1. The molecule has 3 nitrogen and oxygen atoms in total. The number of ether oxygens (including phenoxy) is 1. The van der Waals surface area contributed by atoms with Crippen molar-refractivity contribution < 1.29 is 9.53 Å². The van der Waals surface area contributed by atoms with Gasteiger partial charge in [0.1, 0.15) is 5.75 Å². The molecule has 1 aliphatic rings. The fourth-order valence-corrected chi connectivity index (χ4v) is 4.04. The van der Waals surface area contributed by atoms with Gasteiger partial charge in [-0.05, 0) is 68.9 Å². The smallest absolute Gasteiger partial charge is 0.220 e. The third-order valence-electron chi connectivity index (χ3n) is 5.62. The highest BCUT2D eigenvalue weighted by atomic mass is 79.9. The summed E-state index contributed by atoms with van der Waals surface area (Å²) in [5.41, 5.74) is 3.69. The standard InChI is InChI=1S/C23H28BrNO2/c1-16-6-4-7-17(2)22(16)27-15-5-8-21(26)25-18(3)23(13-14-23)19-9-11-20(24)12-10-19/h4,6-7,9-12,18H,5,8,13-15H2,1-3H3,(H,25,26). The minimum atomic E-state index is 0.102. The summed E-state index contributed by atoms with van der Waals surface area (Å²) < 4.78 is 6.98. The number of nitrogens with one attached hydrogen (secondary N) is 1. The molecule has 0 radical (unpaired) electrons. The maximum absolute atomic E-state index is 12.4. The number of halogens is 1. The van der Waals surface area contributed by atoms with Crippen molar-refractivity contribution in [2.45, 2.75) is 57.9 Å². The van der Waals surface area contributed by atoms with Crippen molar-refractivity contribution in [3.63, 3.8) is 0 Å². The van der Waals surface area contributed by atoms with E-state index in [9.17, 15) is 4.79 Å². The lowest BCUT2D eigenvalue weighted by atomic mass is 9.89. The highest BCUT2D eigenvalue weighted by Gasteiger charge is 2.49. The minimum absolute atomic E-state index is 0.102. The molecule has 3 rings (SSSR count). The first-order valence-electron chi connectivity index (χ1n) is 9.67. The summed E-state index contributed by atoms with van der Waals surface area (Å²) in [5.74, 6) is 1.05. The molecular weight excluding hydrogens is 402 g/mol. The van der Waals surface area contributed by atoms with Gasteiger partial charge in [0, 0.05) is 22.4 Å². The Balaban J connectivity index is 1.46.